The molecular weight excluding hydrogens is 314 g/mol. The molecule has 2 aromatic heterocycles. The van der Waals surface area contributed by atoms with E-state index in [1.165, 1.54) is 22.0 Å². The van der Waals surface area contributed by atoms with Crippen LogP contribution in [-0.2, 0) is 22.8 Å². The fourth-order valence-electron chi connectivity index (χ4n) is 2.34. The van der Waals surface area contributed by atoms with Crippen molar-refractivity contribution in [1.29, 1.82) is 0 Å². The smallest absolute Gasteiger partial charge is 0.184 e. The van der Waals surface area contributed by atoms with Gasteiger partial charge >= 0.3 is 0 Å². The molecule has 8 heteroatoms. The number of sulfone groups is 1. The first-order chi connectivity index (χ1) is 9.53. The van der Waals surface area contributed by atoms with Gasteiger partial charge in [-0.05, 0) is 35.0 Å². The highest BCUT2D eigenvalue weighted by molar-refractivity contribution is 7.91. The number of nitrogen functional groups attached to an aromatic ring is 1. The largest absolute Gasteiger partial charge is 0.382 e. The average Bonchev–Trinajstić information content (AvgIpc) is 3.04. The van der Waals surface area contributed by atoms with Gasteiger partial charge in [-0.3, -0.25) is 0 Å². The van der Waals surface area contributed by atoms with E-state index in [4.69, 9.17) is 5.73 Å². The summed E-state index contributed by atoms with van der Waals surface area (Å²) in [4.78, 5) is 3.67. The van der Waals surface area contributed by atoms with Crippen LogP contribution in [0.5, 0.6) is 0 Å². The number of anilines is 2. The number of aromatic nitrogens is 1. The van der Waals surface area contributed by atoms with E-state index in [1.807, 2.05) is 0 Å². The molecule has 0 saturated carbocycles. The summed E-state index contributed by atoms with van der Waals surface area (Å²) >= 11 is 2.94. The molecule has 20 heavy (non-hydrogen) atoms. The summed E-state index contributed by atoms with van der Waals surface area (Å²) in [6, 6.07) is 2.10. The van der Waals surface area contributed by atoms with Crippen LogP contribution in [0.4, 0.5) is 10.8 Å². The van der Waals surface area contributed by atoms with E-state index in [2.05, 4.69) is 20.7 Å². The SMILES string of the molecule is CCS(=O)(=O)c1c(N)nsc1N1CCc2sccc2C1. The van der Waals surface area contributed by atoms with Gasteiger partial charge < -0.3 is 10.6 Å². The van der Waals surface area contributed by atoms with Gasteiger partial charge in [0.2, 0.25) is 0 Å². The average molecular weight is 329 g/mol. The van der Waals surface area contributed by atoms with Crippen LogP contribution < -0.4 is 10.6 Å². The molecular formula is C12H15N3O2S3. The molecule has 1 aliphatic rings. The Morgan fingerprint density at radius 1 is 1.50 bits per heavy atom. The Bertz CT molecular complexity index is 733. The van der Waals surface area contributed by atoms with E-state index in [0.29, 0.717) is 5.00 Å². The van der Waals surface area contributed by atoms with E-state index in [9.17, 15) is 8.42 Å². The zero-order valence-corrected chi connectivity index (χ0v) is 13.4. The number of thiophene rings is 1. The minimum Gasteiger partial charge on any atom is -0.382 e. The molecule has 5 nitrogen and oxygen atoms in total. The highest BCUT2D eigenvalue weighted by Crippen LogP contribution is 2.38. The van der Waals surface area contributed by atoms with Gasteiger partial charge in [0.05, 0.1) is 5.75 Å². The maximum atomic E-state index is 12.2. The van der Waals surface area contributed by atoms with Gasteiger partial charge in [0.25, 0.3) is 0 Å². The predicted octanol–water partition coefficient (Wildman–Crippen LogP) is 2.14. The second-order valence-electron chi connectivity index (χ2n) is 4.65. The molecule has 0 aromatic carbocycles. The highest BCUT2D eigenvalue weighted by atomic mass is 32.2. The number of hydrogen-bond acceptors (Lipinski definition) is 7. The zero-order chi connectivity index (χ0) is 14.3. The van der Waals surface area contributed by atoms with Crippen molar-refractivity contribution in [3.63, 3.8) is 0 Å². The summed E-state index contributed by atoms with van der Waals surface area (Å²) in [6.45, 7) is 3.16. The van der Waals surface area contributed by atoms with E-state index in [0.717, 1.165) is 19.5 Å². The van der Waals surface area contributed by atoms with Crippen LogP contribution in [0.15, 0.2) is 16.3 Å². The topological polar surface area (TPSA) is 76.3 Å². The van der Waals surface area contributed by atoms with E-state index >= 15 is 0 Å². The van der Waals surface area contributed by atoms with Gasteiger partial charge in [-0.2, -0.15) is 4.37 Å². The Morgan fingerprint density at radius 3 is 3.05 bits per heavy atom. The Morgan fingerprint density at radius 2 is 2.30 bits per heavy atom. The Labute approximate surface area is 126 Å². The monoisotopic (exact) mass is 329 g/mol. The number of fused-ring (bicyclic) bond motifs is 1. The minimum absolute atomic E-state index is 0.0418. The van der Waals surface area contributed by atoms with Crippen molar-refractivity contribution in [3.05, 3.63) is 21.9 Å². The van der Waals surface area contributed by atoms with Crippen molar-refractivity contribution >= 4 is 43.5 Å². The highest BCUT2D eigenvalue weighted by Gasteiger charge is 2.29. The summed E-state index contributed by atoms with van der Waals surface area (Å²) in [5.74, 6) is 0.170. The maximum absolute atomic E-state index is 12.2. The molecule has 2 N–H and O–H groups in total. The van der Waals surface area contributed by atoms with E-state index < -0.39 is 9.84 Å². The molecule has 0 amide bonds. The third-order valence-electron chi connectivity index (χ3n) is 3.44. The van der Waals surface area contributed by atoms with Crippen molar-refractivity contribution < 1.29 is 8.42 Å². The lowest BCUT2D eigenvalue weighted by Gasteiger charge is -2.28. The summed E-state index contributed by atoms with van der Waals surface area (Å²) in [7, 11) is -3.35. The molecule has 0 atom stereocenters. The fraction of sp³-hybridized carbons (Fsp3) is 0.417. The molecule has 0 saturated heterocycles. The summed E-state index contributed by atoms with van der Waals surface area (Å²) in [5, 5.41) is 2.76. The van der Waals surface area contributed by atoms with E-state index in [1.54, 1.807) is 18.3 Å². The van der Waals surface area contributed by atoms with Crippen LogP contribution in [0.3, 0.4) is 0 Å². The molecule has 3 rings (SSSR count). The number of nitrogens with two attached hydrogens (primary N) is 1. The minimum atomic E-state index is -3.35. The quantitative estimate of drug-likeness (QED) is 0.933. The summed E-state index contributed by atoms with van der Waals surface area (Å²) in [5.41, 5.74) is 7.05. The number of hydrogen-bond donors (Lipinski definition) is 1. The number of nitrogens with zero attached hydrogens (tertiary/aromatic N) is 2. The van der Waals surface area contributed by atoms with Gasteiger partial charge in [0.1, 0.15) is 9.90 Å². The van der Waals surface area contributed by atoms with Crippen LogP contribution in [0.25, 0.3) is 0 Å². The van der Waals surface area contributed by atoms with Crippen LogP contribution in [0.1, 0.15) is 17.4 Å². The van der Waals surface area contributed by atoms with Crippen molar-refractivity contribution in [2.24, 2.45) is 0 Å². The van der Waals surface area contributed by atoms with Crippen molar-refractivity contribution in [2.75, 3.05) is 22.9 Å². The van der Waals surface area contributed by atoms with Gasteiger partial charge in [-0.1, -0.05) is 6.92 Å². The first kappa shape index (κ1) is 13.8. The van der Waals surface area contributed by atoms with Crippen LogP contribution in [-0.4, -0.2) is 25.1 Å². The second kappa shape index (κ2) is 5.01. The van der Waals surface area contributed by atoms with Gasteiger partial charge in [0.15, 0.2) is 15.7 Å². The van der Waals surface area contributed by atoms with Gasteiger partial charge in [-0.25, -0.2) is 8.42 Å². The van der Waals surface area contributed by atoms with Crippen LogP contribution in [0.2, 0.25) is 0 Å². The van der Waals surface area contributed by atoms with Crippen LogP contribution in [0, 0.1) is 0 Å². The molecule has 0 spiro atoms. The second-order valence-corrected chi connectivity index (χ2v) is 8.61. The summed E-state index contributed by atoms with van der Waals surface area (Å²) < 4.78 is 28.5. The Hall–Kier alpha value is -1.12. The molecule has 1 aliphatic heterocycles. The molecule has 2 aromatic rings. The first-order valence-electron chi connectivity index (χ1n) is 6.31. The molecule has 108 valence electrons. The van der Waals surface area contributed by atoms with E-state index in [-0.39, 0.29) is 16.5 Å². The molecule has 3 heterocycles. The Kier molecular flexibility index (Phi) is 3.47. The molecule has 0 aliphatic carbocycles. The van der Waals surface area contributed by atoms with Gasteiger partial charge in [0, 0.05) is 18.0 Å². The lowest BCUT2D eigenvalue weighted by Crippen LogP contribution is -2.29. The first-order valence-corrected chi connectivity index (χ1v) is 9.61. The van der Waals surface area contributed by atoms with Crippen molar-refractivity contribution in [3.8, 4) is 0 Å². The van der Waals surface area contributed by atoms with Gasteiger partial charge in [-0.15, -0.1) is 11.3 Å². The molecule has 0 unspecified atom stereocenters. The normalized spacial score (nSPS) is 15.3. The standard InChI is InChI=1S/C12H15N3O2S3/c1-2-20(16,17)10-11(13)14-19-12(10)15-5-3-9-8(7-15)4-6-18-9/h4,6H,2-3,5,7H2,1H3,(H2,13,14). The third kappa shape index (κ3) is 2.21. The maximum Gasteiger partial charge on any atom is 0.184 e. The fourth-order valence-corrected chi connectivity index (χ4v) is 5.57. The molecule has 0 fully saturated rings. The summed E-state index contributed by atoms with van der Waals surface area (Å²) in [6.07, 6.45) is 0.941. The van der Waals surface area contributed by atoms with Crippen LogP contribution >= 0.6 is 22.9 Å². The molecule has 0 radical (unpaired) electrons. The zero-order valence-electron chi connectivity index (χ0n) is 11.0. The lowest BCUT2D eigenvalue weighted by atomic mass is 10.1. The third-order valence-corrected chi connectivity index (χ3v) is 7.30. The number of rotatable bonds is 3. The Balaban J connectivity index is 2.01. The van der Waals surface area contributed by atoms with Crippen molar-refractivity contribution in [2.45, 2.75) is 24.8 Å². The van der Waals surface area contributed by atoms with Crippen molar-refractivity contribution in [1.82, 2.24) is 4.37 Å². The lowest BCUT2D eigenvalue weighted by molar-refractivity contribution is 0.597. The predicted molar refractivity (Wildman–Crippen MR) is 83.3 cm³/mol. The molecule has 0 bridgehead atoms.